The number of aliphatic imine (C=N–C) groups is 2. The molecule has 0 aliphatic carbocycles. The highest BCUT2D eigenvalue weighted by Gasteiger charge is 2.13. The molecule has 0 unspecified atom stereocenters. The molecule has 104 valence electrons. The number of methoxy groups -OCH3 is 1. The fraction of sp³-hybridized carbons (Fsp3) is 0.125. The van der Waals surface area contributed by atoms with Crippen LogP contribution in [0.15, 0.2) is 58.5 Å². The van der Waals surface area contributed by atoms with Gasteiger partial charge in [-0.05, 0) is 35.4 Å². The van der Waals surface area contributed by atoms with Crippen LogP contribution in [0.25, 0.3) is 0 Å². The lowest BCUT2D eigenvalue weighted by Gasteiger charge is -2.16. The highest BCUT2D eigenvalue weighted by atomic mass is 16.5. The van der Waals surface area contributed by atoms with Gasteiger partial charge in [0.05, 0.1) is 11.4 Å². The number of rotatable bonds is 5. The second-order valence-electron chi connectivity index (χ2n) is 4.20. The fourth-order valence-corrected chi connectivity index (χ4v) is 2.02. The van der Waals surface area contributed by atoms with E-state index in [1.54, 1.807) is 31.4 Å². The molecule has 0 atom stereocenters. The zero-order valence-electron chi connectivity index (χ0n) is 11.3. The van der Waals surface area contributed by atoms with Crippen LogP contribution in [0.4, 0.5) is 11.4 Å². The minimum Gasteiger partial charge on any atom is -0.372 e. The second kappa shape index (κ2) is 7.08. The Balaban J connectivity index is 2.29. The van der Waals surface area contributed by atoms with Crippen LogP contribution in [0.5, 0.6) is 0 Å². The summed E-state index contributed by atoms with van der Waals surface area (Å²) >= 11 is 0. The molecular formula is C16H12N2O3. The van der Waals surface area contributed by atoms with E-state index in [9.17, 15) is 9.59 Å². The average molecular weight is 280 g/mol. The van der Waals surface area contributed by atoms with Gasteiger partial charge < -0.3 is 4.74 Å². The van der Waals surface area contributed by atoms with Gasteiger partial charge in [-0.2, -0.15) is 9.98 Å². The van der Waals surface area contributed by atoms with E-state index in [1.165, 1.54) is 12.2 Å². The Morgan fingerprint density at radius 3 is 1.48 bits per heavy atom. The maximum Gasteiger partial charge on any atom is 0.240 e. The molecular weight excluding hydrogens is 268 g/mol. The molecule has 0 N–H and O–H groups in total. The van der Waals surface area contributed by atoms with Gasteiger partial charge in [-0.1, -0.05) is 24.3 Å². The first-order valence-corrected chi connectivity index (χ1v) is 6.17. The summed E-state index contributed by atoms with van der Waals surface area (Å²) in [7, 11) is 1.61. The SMILES string of the molecule is COC(c1ccc(N=C=O)cc1)c1ccc(N=C=O)cc1. The average Bonchev–Trinajstić information content (AvgIpc) is 2.52. The highest BCUT2D eigenvalue weighted by molar-refractivity contribution is 5.51. The Morgan fingerprint density at radius 1 is 0.810 bits per heavy atom. The second-order valence-corrected chi connectivity index (χ2v) is 4.20. The molecule has 2 rings (SSSR count). The maximum atomic E-state index is 10.2. The van der Waals surface area contributed by atoms with Crippen LogP contribution >= 0.6 is 0 Å². The molecule has 0 aliphatic heterocycles. The summed E-state index contributed by atoms with van der Waals surface area (Å²) in [5, 5.41) is 0. The van der Waals surface area contributed by atoms with E-state index in [0.29, 0.717) is 11.4 Å². The van der Waals surface area contributed by atoms with Crippen molar-refractivity contribution >= 4 is 23.5 Å². The summed E-state index contributed by atoms with van der Waals surface area (Å²) < 4.78 is 5.51. The van der Waals surface area contributed by atoms with Crippen LogP contribution in [0.3, 0.4) is 0 Å². The molecule has 5 heteroatoms. The van der Waals surface area contributed by atoms with Crippen LogP contribution in [0.1, 0.15) is 17.2 Å². The minimum atomic E-state index is -0.256. The molecule has 0 saturated heterocycles. The predicted octanol–water partition coefficient (Wildman–Crippen LogP) is 3.36. The van der Waals surface area contributed by atoms with Gasteiger partial charge in [-0.15, -0.1) is 0 Å². The van der Waals surface area contributed by atoms with Crippen LogP contribution in [-0.4, -0.2) is 19.3 Å². The van der Waals surface area contributed by atoms with Crippen molar-refractivity contribution in [1.29, 1.82) is 0 Å². The number of nitrogens with zero attached hydrogens (tertiary/aromatic N) is 2. The summed E-state index contributed by atoms with van der Waals surface area (Å²) in [4.78, 5) is 27.5. The Kier molecular flexibility index (Phi) is 4.91. The van der Waals surface area contributed by atoms with Gasteiger partial charge in [0.15, 0.2) is 0 Å². The van der Waals surface area contributed by atoms with Gasteiger partial charge in [0.2, 0.25) is 12.2 Å². The molecule has 0 aliphatic rings. The Morgan fingerprint density at radius 2 is 1.19 bits per heavy atom. The van der Waals surface area contributed by atoms with E-state index in [2.05, 4.69) is 9.98 Å². The normalized spacial score (nSPS) is 11.1. The van der Waals surface area contributed by atoms with E-state index in [1.807, 2.05) is 24.3 Å². The van der Waals surface area contributed by atoms with Crippen LogP contribution in [0.2, 0.25) is 0 Å². The lowest BCUT2D eigenvalue weighted by atomic mass is 10.0. The summed E-state index contributed by atoms with van der Waals surface area (Å²) in [6.45, 7) is 0. The number of hydrogen-bond donors (Lipinski definition) is 0. The van der Waals surface area contributed by atoms with Crippen molar-refractivity contribution in [3.63, 3.8) is 0 Å². The predicted molar refractivity (Wildman–Crippen MR) is 77.3 cm³/mol. The third-order valence-electron chi connectivity index (χ3n) is 2.98. The molecule has 0 amide bonds. The lowest BCUT2D eigenvalue weighted by molar-refractivity contribution is 0.136. The Labute approximate surface area is 121 Å². The molecule has 0 aromatic heterocycles. The number of carbonyl (C=O) groups excluding carboxylic acids is 2. The zero-order chi connectivity index (χ0) is 15.1. The van der Waals surface area contributed by atoms with Crippen LogP contribution < -0.4 is 0 Å². The first-order chi connectivity index (χ1) is 10.3. The summed E-state index contributed by atoms with van der Waals surface area (Å²) in [5.41, 5.74) is 2.93. The van der Waals surface area contributed by atoms with Gasteiger partial charge in [0, 0.05) is 7.11 Å². The van der Waals surface area contributed by atoms with E-state index >= 15 is 0 Å². The van der Waals surface area contributed by atoms with Gasteiger partial charge >= 0.3 is 0 Å². The van der Waals surface area contributed by atoms with Crippen molar-refractivity contribution in [2.24, 2.45) is 9.98 Å². The molecule has 2 aromatic carbocycles. The number of ether oxygens (including phenoxy) is 1. The summed E-state index contributed by atoms with van der Waals surface area (Å²) in [6, 6.07) is 14.2. The maximum absolute atomic E-state index is 10.2. The summed E-state index contributed by atoms with van der Waals surface area (Å²) in [6.07, 6.45) is 2.74. The van der Waals surface area contributed by atoms with E-state index in [-0.39, 0.29) is 6.10 Å². The minimum absolute atomic E-state index is 0.256. The Hall–Kier alpha value is -2.84. The van der Waals surface area contributed by atoms with Crippen molar-refractivity contribution in [2.75, 3.05) is 7.11 Å². The first kappa shape index (κ1) is 14.6. The molecule has 0 saturated carbocycles. The largest absolute Gasteiger partial charge is 0.372 e. The lowest BCUT2D eigenvalue weighted by Crippen LogP contribution is -2.02. The topological polar surface area (TPSA) is 68.1 Å². The molecule has 0 spiro atoms. The zero-order valence-corrected chi connectivity index (χ0v) is 11.3. The third-order valence-corrected chi connectivity index (χ3v) is 2.98. The quantitative estimate of drug-likeness (QED) is 0.623. The smallest absolute Gasteiger partial charge is 0.240 e. The molecule has 2 aromatic rings. The number of isocyanates is 2. The van der Waals surface area contributed by atoms with Gasteiger partial charge in [0.25, 0.3) is 0 Å². The van der Waals surface area contributed by atoms with Crippen molar-refractivity contribution < 1.29 is 14.3 Å². The fourth-order valence-electron chi connectivity index (χ4n) is 2.02. The van der Waals surface area contributed by atoms with Crippen LogP contribution in [0, 0.1) is 0 Å². The summed E-state index contributed by atoms with van der Waals surface area (Å²) in [5.74, 6) is 0. The third kappa shape index (κ3) is 3.59. The van der Waals surface area contributed by atoms with Crippen molar-refractivity contribution in [3.8, 4) is 0 Å². The molecule has 5 nitrogen and oxygen atoms in total. The monoisotopic (exact) mass is 280 g/mol. The van der Waals surface area contributed by atoms with Gasteiger partial charge in [-0.25, -0.2) is 9.59 Å². The molecule has 21 heavy (non-hydrogen) atoms. The molecule has 0 bridgehead atoms. The van der Waals surface area contributed by atoms with Crippen LogP contribution in [-0.2, 0) is 14.3 Å². The molecule has 0 fully saturated rings. The standard InChI is InChI=1S/C16H12N2O3/c1-21-16(12-2-6-14(7-3-12)17-10-19)13-4-8-15(9-5-13)18-11-20/h2-9,16H,1H3. The molecule has 0 radical (unpaired) electrons. The van der Waals surface area contributed by atoms with Crippen molar-refractivity contribution in [1.82, 2.24) is 0 Å². The van der Waals surface area contributed by atoms with E-state index in [4.69, 9.17) is 4.74 Å². The van der Waals surface area contributed by atoms with Gasteiger partial charge in [0.1, 0.15) is 6.10 Å². The van der Waals surface area contributed by atoms with E-state index in [0.717, 1.165) is 11.1 Å². The van der Waals surface area contributed by atoms with Crippen molar-refractivity contribution in [2.45, 2.75) is 6.10 Å². The number of benzene rings is 2. The highest BCUT2D eigenvalue weighted by Crippen LogP contribution is 2.28. The molecule has 0 heterocycles. The van der Waals surface area contributed by atoms with Gasteiger partial charge in [-0.3, -0.25) is 0 Å². The first-order valence-electron chi connectivity index (χ1n) is 6.17. The van der Waals surface area contributed by atoms with Crippen molar-refractivity contribution in [3.05, 3.63) is 59.7 Å². The number of hydrogen-bond acceptors (Lipinski definition) is 5. The Bertz CT molecular complexity index is 634. The van der Waals surface area contributed by atoms with E-state index < -0.39 is 0 Å².